The van der Waals surface area contributed by atoms with Gasteiger partial charge in [0.15, 0.2) is 0 Å². The molecule has 0 aliphatic carbocycles. The second kappa shape index (κ2) is 5.07. The Kier molecular flexibility index (Phi) is 4.17. The summed E-state index contributed by atoms with van der Waals surface area (Å²) in [6.45, 7) is -0.105. The minimum Gasteiger partial charge on any atom is -0.360 e. The van der Waals surface area contributed by atoms with Crippen molar-refractivity contribution in [3.63, 3.8) is 0 Å². The third kappa shape index (κ3) is 5.20. The molecule has 0 bridgehead atoms. The highest BCUT2D eigenvalue weighted by Crippen LogP contribution is 2.29. The van der Waals surface area contributed by atoms with Crippen molar-refractivity contribution in [2.24, 2.45) is 0 Å². The number of anilines is 1. The van der Waals surface area contributed by atoms with Gasteiger partial charge in [0.1, 0.15) is 0 Å². The van der Waals surface area contributed by atoms with Crippen molar-refractivity contribution in [3.8, 4) is 0 Å². The number of hydrogen-bond donors (Lipinski definition) is 1. The summed E-state index contributed by atoms with van der Waals surface area (Å²) in [5, 5.41) is 2.22. The van der Waals surface area contributed by atoms with Crippen LogP contribution in [0.1, 0.15) is 18.7 Å². The van der Waals surface area contributed by atoms with Crippen LogP contribution in [-0.4, -0.2) is 22.1 Å². The van der Waals surface area contributed by atoms with Gasteiger partial charge in [-0.15, -0.1) is 0 Å². The number of hydrogen-bond acceptors (Lipinski definition) is 4. The zero-order valence-electron chi connectivity index (χ0n) is 8.19. The maximum atomic E-state index is 12.1. The van der Waals surface area contributed by atoms with Gasteiger partial charge in [0, 0.05) is 24.5 Å². The molecule has 0 aromatic carbocycles. The molecule has 10 heteroatoms. The van der Waals surface area contributed by atoms with E-state index in [-0.39, 0.29) is 18.1 Å². The standard InChI is InChI=1S/C7H7F6N3S/c8-6(9,10)2-1-3-14-5-15-4(16-17-5)7(11,12)13/h1-3H2,(H,14,15,16). The molecule has 3 nitrogen and oxygen atoms in total. The Morgan fingerprint density at radius 2 is 1.76 bits per heavy atom. The van der Waals surface area contributed by atoms with E-state index in [4.69, 9.17) is 0 Å². The van der Waals surface area contributed by atoms with E-state index >= 15 is 0 Å². The molecule has 0 aliphatic heterocycles. The highest BCUT2D eigenvalue weighted by atomic mass is 32.1. The van der Waals surface area contributed by atoms with Crippen molar-refractivity contribution >= 4 is 16.7 Å². The maximum absolute atomic E-state index is 12.1. The van der Waals surface area contributed by atoms with Crippen molar-refractivity contribution in [2.45, 2.75) is 25.2 Å². The van der Waals surface area contributed by atoms with Crippen LogP contribution in [0.3, 0.4) is 0 Å². The molecule has 1 rings (SSSR count). The summed E-state index contributed by atoms with van der Waals surface area (Å²) in [5.41, 5.74) is 0. The van der Waals surface area contributed by atoms with Gasteiger partial charge in [0.05, 0.1) is 0 Å². The fourth-order valence-corrected chi connectivity index (χ4v) is 1.51. The lowest BCUT2D eigenvalue weighted by molar-refractivity contribution is -0.144. The lowest BCUT2D eigenvalue weighted by atomic mass is 10.3. The van der Waals surface area contributed by atoms with E-state index in [9.17, 15) is 26.3 Å². The Morgan fingerprint density at radius 3 is 2.24 bits per heavy atom. The first-order valence-corrected chi connectivity index (χ1v) is 5.17. The number of alkyl halides is 6. The minimum atomic E-state index is -4.64. The quantitative estimate of drug-likeness (QED) is 0.678. The van der Waals surface area contributed by atoms with Crippen molar-refractivity contribution in [3.05, 3.63) is 5.82 Å². The van der Waals surface area contributed by atoms with Gasteiger partial charge in [-0.05, 0) is 6.42 Å². The van der Waals surface area contributed by atoms with Crippen LogP contribution < -0.4 is 5.32 Å². The van der Waals surface area contributed by atoms with E-state index in [1.807, 2.05) is 0 Å². The summed E-state index contributed by atoms with van der Waals surface area (Å²) in [6, 6.07) is 0. The van der Waals surface area contributed by atoms with Crippen LogP contribution in [0.15, 0.2) is 0 Å². The van der Waals surface area contributed by atoms with Gasteiger partial charge in [0.2, 0.25) is 11.0 Å². The van der Waals surface area contributed by atoms with Crippen LogP contribution >= 0.6 is 11.5 Å². The molecular formula is C7H7F6N3S. The first-order valence-electron chi connectivity index (χ1n) is 4.40. The first kappa shape index (κ1) is 14.0. The SMILES string of the molecule is FC(F)(F)CCCNc1nc(C(F)(F)F)ns1. The van der Waals surface area contributed by atoms with Gasteiger partial charge >= 0.3 is 12.4 Å². The van der Waals surface area contributed by atoms with Crippen molar-refractivity contribution in [1.82, 2.24) is 9.36 Å². The molecule has 17 heavy (non-hydrogen) atoms. The Balaban J connectivity index is 2.36. The van der Waals surface area contributed by atoms with Gasteiger partial charge in [-0.2, -0.15) is 35.7 Å². The van der Waals surface area contributed by atoms with Gasteiger partial charge in [-0.3, -0.25) is 0 Å². The summed E-state index contributed by atoms with van der Waals surface area (Å²) in [5.74, 6) is -1.29. The topological polar surface area (TPSA) is 37.8 Å². The van der Waals surface area contributed by atoms with Gasteiger partial charge in [0.25, 0.3) is 0 Å². The van der Waals surface area contributed by atoms with E-state index in [2.05, 4.69) is 14.7 Å². The Bertz CT molecular complexity index is 357. The van der Waals surface area contributed by atoms with Gasteiger partial charge < -0.3 is 5.32 Å². The smallest absolute Gasteiger partial charge is 0.360 e. The van der Waals surface area contributed by atoms with Crippen LogP contribution in [0, 0.1) is 0 Å². The molecule has 0 aliphatic rings. The summed E-state index contributed by atoms with van der Waals surface area (Å²) in [4.78, 5) is 3.11. The van der Waals surface area contributed by atoms with E-state index in [0.717, 1.165) is 0 Å². The van der Waals surface area contributed by atoms with Gasteiger partial charge in [-0.1, -0.05) is 0 Å². The van der Waals surface area contributed by atoms with Crippen LogP contribution in [0.25, 0.3) is 0 Å². The fourth-order valence-electron chi connectivity index (χ4n) is 0.895. The van der Waals surface area contributed by atoms with Crippen LogP contribution in [0.5, 0.6) is 0 Å². The Hall–Kier alpha value is -1.06. The van der Waals surface area contributed by atoms with Crippen molar-refractivity contribution in [1.29, 1.82) is 0 Å². The second-order valence-corrected chi connectivity index (χ2v) is 3.82. The van der Waals surface area contributed by atoms with E-state index in [1.165, 1.54) is 0 Å². The maximum Gasteiger partial charge on any atom is 0.452 e. The molecule has 1 N–H and O–H groups in total. The first-order chi connectivity index (χ1) is 7.68. The molecule has 0 radical (unpaired) electrons. The molecule has 0 saturated carbocycles. The minimum absolute atomic E-state index is 0.105. The highest BCUT2D eigenvalue weighted by molar-refractivity contribution is 7.09. The monoisotopic (exact) mass is 279 g/mol. The summed E-state index contributed by atoms with van der Waals surface area (Å²) >= 11 is 0.461. The molecule has 1 heterocycles. The van der Waals surface area contributed by atoms with Crippen LogP contribution in [-0.2, 0) is 6.18 Å². The lowest BCUT2D eigenvalue weighted by Crippen LogP contribution is -2.11. The van der Waals surface area contributed by atoms with E-state index in [1.54, 1.807) is 0 Å². The number of aromatic nitrogens is 2. The predicted octanol–water partition coefficient (Wildman–Crippen LogP) is 3.31. The van der Waals surface area contributed by atoms with Crippen molar-refractivity contribution < 1.29 is 26.3 Å². The average molecular weight is 279 g/mol. The van der Waals surface area contributed by atoms with Crippen LogP contribution in [0.4, 0.5) is 31.5 Å². The molecule has 0 fully saturated rings. The normalized spacial score (nSPS) is 12.8. The molecule has 0 spiro atoms. The lowest BCUT2D eigenvalue weighted by Gasteiger charge is -2.05. The largest absolute Gasteiger partial charge is 0.452 e. The fraction of sp³-hybridized carbons (Fsp3) is 0.714. The molecule has 98 valence electrons. The molecular weight excluding hydrogens is 272 g/mol. The zero-order chi connectivity index (χ0) is 13.1. The average Bonchev–Trinajstić information content (AvgIpc) is 2.58. The third-order valence-electron chi connectivity index (χ3n) is 1.59. The molecule has 0 atom stereocenters. The van der Waals surface area contributed by atoms with Gasteiger partial charge in [-0.25, -0.2) is 0 Å². The number of halogens is 6. The Morgan fingerprint density at radius 1 is 1.12 bits per heavy atom. The molecule has 0 saturated heterocycles. The highest BCUT2D eigenvalue weighted by Gasteiger charge is 2.36. The molecule has 0 unspecified atom stereocenters. The number of nitrogens with one attached hydrogen (secondary N) is 1. The molecule has 1 aromatic heterocycles. The van der Waals surface area contributed by atoms with E-state index < -0.39 is 24.6 Å². The second-order valence-electron chi connectivity index (χ2n) is 3.07. The van der Waals surface area contributed by atoms with Crippen LogP contribution in [0.2, 0.25) is 0 Å². The Labute approximate surface area is 96.0 Å². The van der Waals surface area contributed by atoms with Crippen molar-refractivity contribution in [2.75, 3.05) is 11.9 Å². The molecule has 1 aromatic rings. The zero-order valence-corrected chi connectivity index (χ0v) is 9.01. The number of nitrogens with zero attached hydrogens (tertiary/aromatic N) is 2. The summed E-state index contributed by atoms with van der Waals surface area (Å²) in [6.07, 6.45) is -10.1. The van der Waals surface area contributed by atoms with E-state index in [0.29, 0.717) is 11.5 Å². The number of rotatable bonds is 4. The third-order valence-corrected chi connectivity index (χ3v) is 2.27. The summed E-state index contributed by atoms with van der Waals surface area (Å²) in [7, 11) is 0. The summed E-state index contributed by atoms with van der Waals surface area (Å²) < 4.78 is 74.4. The molecule has 0 amide bonds. The predicted molar refractivity (Wildman–Crippen MR) is 48.7 cm³/mol.